The minimum atomic E-state index is -3.63. The van der Waals surface area contributed by atoms with Crippen molar-refractivity contribution < 1.29 is 28.6 Å². The minimum absolute atomic E-state index is 0.122. The van der Waals surface area contributed by atoms with Gasteiger partial charge in [0.25, 0.3) is 0 Å². The monoisotopic (exact) mass is 446 g/mol. The number of nitrogens with zero attached hydrogens (tertiary/aromatic N) is 1. The van der Waals surface area contributed by atoms with E-state index in [-0.39, 0.29) is 16.4 Å². The smallest absolute Gasteiger partial charge is 0.376 e. The van der Waals surface area contributed by atoms with Crippen molar-refractivity contribution in [2.75, 3.05) is 19.8 Å². The van der Waals surface area contributed by atoms with Crippen LogP contribution in [0.25, 0.3) is 0 Å². The van der Waals surface area contributed by atoms with E-state index in [1.165, 1.54) is 6.66 Å². The van der Waals surface area contributed by atoms with Crippen molar-refractivity contribution in [3.8, 4) is 11.5 Å². The molecule has 6 nitrogen and oxygen atoms in total. The van der Waals surface area contributed by atoms with Crippen molar-refractivity contribution in [3.05, 3.63) is 59.2 Å². The molecule has 0 amide bonds. The molecular formula is C24H33NO5P+. The van der Waals surface area contributed by atoms with Gasteiger partial charge in [-0.05, 0) is 42.9 Å². The first-order valence-electron chi connectivity index (χ1n) is 11.2. The molecule has 0 spiro atoms. The SMILES string of the molecule is CCC[N@+]1(OP(C)(=O)O)CCC[C@@H]2Cc3c(ccc(OCc4ccccc4)c3O)C[C@H]21. The first-order valence-corrected chi connectivity index (χ1v) is 13.2. The van der Waals surface area contributed by atoms with Gasteiger partial charge >= 0.3 is 7.60 Å². The number of hydrogen-bond acceptors (Lipinski definition) is 4. The van der Waals surface area contributed by atoms with Crippen LogP contribution in [0.2, 0.25) is 0 Å². The molecule has 1 aliphatic carbocycles. The number of likely N-dealkylation sites (tertiary alicyclic amines) is 1. The van der Waals surface area contributed by atoms with Gasteiger partial charge in [-0.1, -0.05) is 43.3 Å². The molecule has 2 N–H and O–H groups in total. The molecule has 168 valence electrons. The molecule has 0 radical (unpaired) electrons. The average molecular weight is 447 g/mol. The molecule has 4 atom stereocenters. The third-order valence-electron chi connectivity index (χ3n) is 6.65. The highest BCUT2D eigenvalue weighted by Crippen LogP contribution is 2.49. The summed E-state index contributed by atoms with van der Waals surface area (Å²) in [6, 6.07) is 13.9. The number of benzene rings is 2. The van der Waals surface area contributed by atoms with Gasteiger partial charge in [-0.2, -0.15) is 4.65 Å². The predicted octanol–water partition coefficient (Wildman–Crippen LogP) is 4.82. The fourth-order valence-corrected chi connectivity index (χ4v) is 6.34. The van der Waals surface area contributed by atoms with Gasteiger partial charge < -0.3 is 14.7 Å². The van der Waals surface area contributed by atoms with E-state index >= 15 is 0 Å². The molecule has 0 aromatic heterocycles. The van der Waals surface area contributed by atoms with Crippen molar-refractivity contribution in [1.29, 1.82) is 0 Å². The van der Waals surface area contributed by atoms with Crippen LogP contribution in [0.5, 0.6) is 11.5 Å². The van der Waals surface area contributed by atoms with Crippen LogP contribution < -0.4 is 4.74 Å². The molecule has 1 heterocycles. The largest absolute Gasteiger partial charge is 0.504 e. The molecule has 1 fully saturated rings. The van der Waals surface area contributed by atoms with Gasteiger partial charge in [-0.15, -0.1) is 4.62 Å². The molecule has 2 aliphatic rings. The summed E-state index contributed by atoms with van der Waals surface area (Å²) in [6.07, 6.45) is 4.33. The Kier molecular flexibility index (Phi) is 6.45. The van der Waals surface area contributed by atoms with Crippen LogP contribution in [0, 0.1) is 5.92 Å². The molecule has 1 aliphatic heterocycles. The van der Waals surface area contributed by atoms with Crippen LogP contribution >= 0.6 is 7.60 Å². The fraction of sp³-hybridized carbons (Fsp3) is 0.500. The summed E-state index contributed by atoms with van der Waals surface area (Å²) in [5.41, 5.74) is 3.09. The Labute approximate surface area is 184 Å². The van der Waals surface area contributed by atoms with Crippen LogP contribution in [0.15, 0.2) is 42.5 Å². The quantitative estimate of drug-likeness (QED) is 0.471. The summed E-state index contributed by atoms with van der Waals surface area (Å²) in [7, 11) is -3.63. The van der Waals surface area contributed by atoms with Gasteiger partial charge in [0, 0.05) is 24.6 Å². The molecule has 1 unspecified atom stereocenters. The number of quaternary nitrogens is 1. The standard InChI is InChI=1S/C24H32NO5P/c1-3-13-25(30-31(2,27)28)14-7-10-20-15-21-19(16-22(20)25)11-12-23(24(21)26)29-17-18-8-5-4-6-9-18/h4-6,8-9,11-12,20,22H,3,7,10,13-17H2,1-2H3,(H-,26,27,28)/p+1/t20-,22-,25+/m1/s1. The zero-order chi connectivity index (χ0) is 22.1. The van der Waals surface area contributed by atoms with Gasteiger partial charge in [0.2, 0.25) is 0 Å². The zero-order valence-electron chi connectivity index (χ0n) is 18.4. The number of rotatable bonds is 7. The lowest BCUT2D eigenvalue weighted by atomic mass is 9.74. The first-order chi connectivity index (χ1) is 14.8. The lowest BCUT2D eigenvalue weighted by Gasteiger charge is -2.50. The lowest BCUT2D eigenvalue weighted by molar-refractivity contribution is -1.11. The molecule has 0 bridgehead atoms. The van der Waals surface area contributed by atoms with E-state index < -0.39 is 7.60 Å². The van der Waals surface area contributed by atoms with E-state index in [2.05, 4.69) is 6.92 Å². The lowest BCUT2D eigenvalue weighted by Crippen LogP contribution is -2.62. The number of piperidine rings is 1. The number of phenolic OH excluding ortho intramolecular Hbond substituents is 1. The van der Waals surface area contributed by atoms with E-state index in [9.17, 15) is 14.6 Å². The predicted molar refractivity (Wildman–Crippen MR) is 120 cm³/mol. The fourth-order valence-electron chi connectivity index (χ4n) is 5.45. The minimum Gasteiger partial charge on any atom is -0.504 e. The van der Waals surface area contributed by atoms with Gasteiger partial charge in [-0.25, -0.2) is 0 Å². The Morgan fingerprint density at radius 3 is 2.65 bits per heavy atom. The van der Waals surface area contributed by atoms with Crippen LogP contribution in [-0.2, 0) is 28.6 Å². The summed E-state index contributed by atoms with van der Waals surface area (Å²) < 4.78 is 24.3. The summed E-state index contributed by atoms with van der Waals surface area (Å²) in [5.74, 6) is 1.04. The second-order valence-corrected chi connectivity index (χ2v) is 10.8. The number of hydrogen-bond donors (Lipinski definition) is 2. The van der Waals surface area contributed by atoms with E-state index in [4.69, 9.17) is 9.36 Å². The van der Waals surface area contributed by atoms with Gasteiger partial charge in [0.15, 0.2) is 11.5 Å². The highest BCUT2D eigenvalue weighted by atomic mass is 31.2. The van der Waals surface area contributed by atoms with Gasteiger partial charge in [-0.3, -0.25) is 4.57 Å². The molecule has 0 saturated carbocycles. The van der Waals surface area contributed by atoms with Crippen molar-refractivity contribution in [3.63, 3.8) is 0 Å². The number of ether oxygens (including phenoxy) is 1. The number of aromatic hydroxyl groups is 1. The van der Waals surface area contributed by atoms with E-state index in [0.29, 0.717) is 18.3 Å². The Balaban J connectivity index is 1.59. The van der Waals surface area contributed by atoms with E-state index in [1.54, 1.807) is 0 Å². The van der Waals surface area contributed by atoms with Crippen molar-refractivity contribution >= 4 is 7.60 Å². The Hall–Kier alpha value is -1.85. The van der Waals surface area contributed by atoms with Gasteiger partial charge in [0.05, 0.1) is 0 Å². The molecule has 2 aromatic rings. The number of hydroxylamine groups is 3. The molecule has 31 heavy (non-hydrogen) atoms. The first kappa shape index (κ1) is 22.3. The third-order valence-corrected chi connectivity index (χ3v) is 7.28. The maximum Gasteiger partial charge on any atom is 0.376 e. The van der Waals surface area contributed by atoms with Crippen molar-refractivity contribution in [1.82, 2.24) is 0 Å². The summed E-state index contributed by atoms with van der Waals surface area (Å²) in [4.78, 5) is 10.0. The zero-order valence-corrected chi connectivity index (χ0v) is 19.3. The van der Waals surface area contributed by atoms with Crippen LogP contribution in [0.4, 0.5) is 0 Å². The topological polar surface area (TPSA) is 76.0 Å². The van der Waals surface area contributed by atoms with Crippen LogP contribution in [-0.4, -0.2) is 40.4 Å². The van der Waals surface area contributed by atoms with Crippen molar-refractivity contribution in [2.24, 2.45) is 5.92 Å². The number of fused-ring (bicyclic) bond motifs is 2. The maximum atomic E-state index is 12.2. The van der Waals surface area contributed by atoms with Crippen LogP contribution in [0.3, 0.4) is 0 Å². The highest BCUT2D eigenvalue weighted by molar-refractivity contribution is 7.51. The summed E-state index contributed by atoms with van der Waals surface area (Å²) in [6.45, 7) is 5.26. The van der Waals surface area contributed by atoms with Crippen molar-refractivity contribution in [2.45, 2.75) is 51.7 Å². The Morgan fingerprint density at radius 2 is 1.94 bits per heavy atom. The van der Waals surface area contributed by atoms with E-state index in [0.717, 1.165) is 61.9 Å². The third kappa shape index (κ3) is 4.83. The van der Waals surface area contributed by atoms with Gasteiger partial charge in [0.1, 0.15) is 25.7 Å². The Morgan fingerprint density at radius 1 is 1.16 bits per heavy atom. The normalized spacial score (nSPS) is 27.1. The molecule has 4 rings (SSSR count). The van der Waals surface area contributed by atoms with E-state index in [1.807, 2.05) is 42.5 Å². The molecule has 7 heteroatoms. The Bertz CT molecular complexity index is 956. The molecular weight excluding hydrogens is 413 g/mol. The molecule has 2 aromatic carbocycles. The second-order valence-electron chi connectivity index (χ2n) is 8.99. The summed E-state index contributed by atoms with van der Waals surface area (Å²) >= 11 is 0. The maximum absolute atomic E-state index is 12.2. The molecule has 1 saturated heterocycles. The summed E-state index contributed by atoms with van der Waals surface area (Å²) in [5, 5.41) is 11.0. The van der Waals surface area contributed by atoms with Crippen LogP contribution in [0.1, 0.15) is 42.9 Å². The second kappa shape index (κ2) is 8.95. The average Bonchev–Trinajstić information content (AvgIpc) is 2.73. The number of phenols is 1. The highest BCUT2D eigenvalue weighted by Gasteiger charge is 2.51.